The van der Waals surface area contributed by atoms with E-state index >= 15 is 0 Å². The molecule has 3 nitrogen and oxygen atoms in total. The minimum Gasteiger partial charge on any atom is -0.550 e. The van der Waals surface area contributed by atoms with E-state index in [0.717, 1.165) is 0 Å². The van der Waals surface area contributed by atoms with Gasteiger partial charge in [0.2, 0.25) is 0 Å². The molecule has 0 fully saturated rings. The van der Waals surface area contributed by atoms with Gasteiger partial charge in [0.05, 0.1) is 6.07 Å². The summed E-state index contributed by atoms with van der Waals surface area (Å²) in [6.07, 6.45) is 1.34. The zero-order valence-electron chi connectivity index (χ0n) is 7.63. The molecule has 0 spiro atoms. The summed E-state index contributed by atoms with van der Waals surface area (Å²) in [7, 11) is 0. The van der Waals surface area contributed by atoms with Gasteiger partial charge in [-0.05, 0) is 5.92 Å². The first-order valence-corrected chi connectivity index (χ1v) is 3.37. The molecule has 0 N–H and O–H groups in total. The Bertz CT molecular complexity index is 216. The van der Waals surface area contributed by atoms with E-state index in [4.69, 9.17) is 5.26 Å². The summed E-state index contributed by atoms with van der Waals surface area (Å²) in [5.41, 5.74) is 0.264. The average Bonchev–Trinajstić information content (AvgIpc) is 1.84. The minimum absolute atomic E-state index is 0. The monoisotopic (exact) mass is 191 g/mol. The van der Waals surface area contributed by atoms with Gasteiger partial charge in [0.15, 0.2) is 0 Å². The maximum absolute atomic E-state index is 10.0. The maximum Gasteiger partial charge on any atom is 1.00 e. The number of nitriles is 1. The fourth-order valence-electron chi connectivity index (χ4n) is 0.694. The van der Waals surface area contributed by atoms with E-state index in [2.05, 4.69) is 0 Å². The molecule has 0 radical (unpaired) electrons. The van der Waals surface area contributed by atoms with Crippen molar-refractivity contribution in [3.8, 4) is 6.07 Å². The number of carboxylic acids is 1. The van der Waals surface area contributed by atoms with Crippen LogP contribution in [0.5, 0.6) is 0 Å². The van der Waals surface area contributed by atoms with Gasteiger partial charge in [-0.25, -0.2) is 0 Å². The molecule has 0 aromatic carbocycles. The third-order valence-corrected chi connectivity index (χ3v) is 1.01. The van der Waals surface area contributed by atoms with Gasteiger partial charge in [0, 0.05) is 18.0 Å². The molecule has 0 aromatic heterocycles. The normalized spacial score (nSPS) is 10.3. The van der Waals surface area contributed by atoms with E-state index in [1.807, 2.05) is 13.8 Å². The second kappa shape index (κ2) is 7.96. The molecule has 0 amide bonds. The molecule has 60 valence electrons. The smallest absolute Gasteiger partial charge is 0.550 e. The Labute approximate surface area is 115 Å². The summed E-state index contributed by atoms with van der Waals surface area (Å²) in [6, 6.07) is 1.80. The SMILES string of the molecule is CC(C)C=C(C#N)CC(=O)[O-].[K+]. The number of nitrogens with zero attached hydrogens (tertiary/aromatic N) is 1. The fraction of sp³-hybridized carbons (Fsp3) is 0.500. The van der Waals surface area contributed by atoms with Crippen LogP contribution in [0.25, 0.3) is 0 Å². The van der Waals surface area contributed by atoms with E-state index in [9.17, 15) is 9.90 Å². The van der Waals surface area contributed by atoms with Crippen LogP contribution in [-0.4, -0.2) is 5.97 Å². The van der Waals surface area contributed by atoms with Crippen LogP contribution in [0.3, 0.4) is 0 Å². The number of carbonyl (C=O) groups excluding carboxylic acids is 1. The molecule has 0 atom stereocenters. The molecular weight excluding hydrogens is 181 g/mol. The zero-order chi connectivity index (χ0) is 8.85. The van der Waals surface area contributed by atoms with Crippen LogP contribution >= 0.6 is 0 Å². The molecule has 0 aliphatic rings. The zero-order valence-corrected chi connectivity index (χ0v) is 10.7. The van der Waals surface area contributed by atoms with Crippen LogP contribution in [0.1, 0.15) is 20.3 Å². The van der Waals surface area contributed by atoms with Crippen molar-refractivity contribution in [1.29, 1.82) is 5.26 Å². The number of carbonyl (C=O) groups is 1. The van der Waals surface area contributed by atoms with Crippen LogP contribution in [0.4, 0.5) is 0 Å². The van der Waals surface area contributed by atoms with Crippen LogP contribution in [0, 0.1) is 17.2 Å². The molecule has 0 saturated carbocycles. The molecule has 0 rings (SSSR count). The second-order valence-corrected chi connectivity index (χ2v) is 2.60. The third-order valence-electron chi connectivity index (χ3n) is 1.01. The second-order valence-electron chi connectivity index (χ2n) is 2.60. The van der Waals surface area contributed by atoms with Gasteiger partial charge >= 0.3 is 51.4 Å². The van der Waals surface area contributed by atoms with Crippen molar-refractivity contribution in [3.63, 3.8) is 0 Å². The Morgan fingerprint density at radius 2 is 2.17 bits per heavy atom. The van der Waals surface area contributed by atoms with E-state index in [1.54, 1.807) is 12.1 Å². The molecule has 0 aliphatic heterocycles. The topological polar surface area (TPSA) is 63.9 Å². The molecule has 0 aromatic rings. The first-order valence-electron chi connectivity index (χ1n) is 3.37. The summed E-state index contributed by atoms with van der Waals surface area (Å²) < 4.78 is 0. The largest absolute Gasteiger partial charge is 1.00 e. The standard InChI is InChI=1S/C8H11NO2.K/c1-6(2)3-7(5-9)4-8(10)11;/h3,6H,4H2,1-2H3,(H,10,11);/q;+1/p-1. The Balaban J connectivity index is 0. The number of rotatable bonds is 3. The van der Waals surface area contributed by atoms with Crippen molar-refractivity contribution in [2.24, 2.45) is 5.92 Å². The van der Waals surface area contributed by atoms with Crippen molar-refractivity contribution in [2.75, 3.05) is 0 Å². The van der Waals surface area contributed by atoms with E-state index in [1.165, 1.54) is 0 Å². The predicted molar refractivity (Wildman–Crippen MR) is 38.2 cm³/mol. The van der Waals surface area contributed by atoms with Gasteiger partial charge in [-0.3, -0.25) is 0 Å². The third kappa shape index (κ3) is 8.43. The van der Waals surface area contributed by atoms with Crippen LogP contribution in [-0.2, 0) is 4.79 Å². The Morgan fingerprint density at radius 1 is 1.67 bits per heavy atom. The molecule has 0 saturated heterocycles. The van der Waals surface area contributed by atoms with E-state index in [0.29, 0.717) is 0 Å². The van der Waals surface area contributed by atoms with Gasteiger partial charge in [-0.1, -0.05) is 19.9 Å². The maximum atomic E-state index is 10.0. The predicted octanol–water partition coefficient (Wildman–Crippen LogP) is -2.76. The van der Waals surface area contributed by atoms with Crippen LogP contribution in [0.2, 0.25) is 0 Å². The Morgan fingerprint density at radius 3 is 2.42 bits per heavy atom. The summed E-state index contributed by atoms with van der Waals surface area (Å²) in [4.78, 5) is 10.0. The molecular formula is C8H10KNO2. The Hall–Kier alpha value is 0.336. The van der Waals surface area contributed by atoms with Gasteiger partial charge in [0.1, 0.15) is 0 Å². The molecule has 12 heavy (non-hydrogen) atoms. The van der Waals surface area contributed by atoms with Gasteiger partial charge in [-0.2, -0.15) is 5.26 Å². The molecule has 0 aliphatic carbocycles. The van der Waals surface area contributed by atoms with Gasteiger partial charge in [0.25, 0.3) is 0 Å². The quantitative estimate of drug-likeness (QED) is 0.358. The van der Waals surface area contributed by atoms with Gasteiger partial charge < -0.3 is 9.90 Å². The summed E-state index contributed by atoms with van der Waals surface area (Å²) in [5.74, 6) is -1.01. The average molecular weight is 191 g/mol. The van der Waals surface area contributed by atoms with Crippen LogP contribution < -0.4 is 56.5 Å². The number of hydrogen-bond acceptors (Lipinski definition) is 3. The molecule has 0 heterocycles. The summed E-state index contributed by atoms with van der Waals surface area (Å²) in [6.45, 7) is 3.76. The number of carboxylic acid groups (broad SMARTS) is 1. The van der Waals surface area contributed by atoms with Crippen molar-refractivity contribution >= 4 is 5.97 Å². The van der Waals surface area contributed by atoms with Crippen molar-refractivity contribution in [3.05, 3.63) is 11.6 Å². The fourth-order valence-corrected chi connectivity index (χ4v) is 0.694. The van der Waals surface area contributed by atoms with Crippen molar-refractivity contribution in [1.82, 2.24) is 0 Å². The Kier molecular flexibility index (Phi) is 9.84. The van der Waals surface area contributed by atoms with E-state index in [-0.39, 0.29) is 69.3 Å². The first kappa shape index (κ1) is 14.8. The van der Waals surface area contributed by atoms with Crippen molar-refractivity contribution in [2.45, 2.75) is 20.3 Å². The minimum atomic E-state index is -1.21. The van der Waals surface area contributed by atoms with Crippen LogP contribution in [0.15, 0.2) is 11.6 Å². The number of aliphatic carboxylic acids is 1. The number of allylic oxidation sites excluding steroid dienone is 1. The first-order chi connectivity index (χ1) is 5.06. The van der Waals surface area contributed by atoms with E-state index < -0.39 is 5.97 Å². The molecule has 0 bridgehead atoms. The molecule has 4 heteroatoms. The van der Waals surface area contributed by atoms with Crippen molar-refractivity contribution < 1.29 is 61.3 Å². The van der Waals surface area contributed by atoms with Gasteiger partial charge in [-0.15, -0.1) is 0 Å². The number of hydrogen-bond donors (Lipinski definition) is 0. The molecule has 0 unspecified atom stereocenters. The summed E-state index contributed by atoms with van der Waals surface area (Å²) >= 11 is 0. The summed E-state index contributed by atoms with van der Waals surface area (Å²) in [5, 5.41) is 18.5.